The molecule has 1 aromatic rings. The Morgan fingerprint density at radius 2 is 1.82 bits per heavy atom. The van der Waals surface area contributed by atoms with Crippen LogP contribution in [0.4, 0.5) is 5.95 Å². The fourth-order valence-electron chi connectivity index (χ4n) is 3.84. The van der Waals surface area contributed by atoms with E-state index in [4.69, 9.17) is 0 Å². The lowest BCUT2D eigenvalue weighted by molar-refractivity contribution is -0.133. The van der Waals surface area contributed by atoms with Crippen LogP contribution in [0.15, 0.2) is 30.1 Å². The summed E-state index contributed by atoms with van der Waals surface area (Å²) >= 11 is 0. The number of piperazine rings is 1. The largest absolute Gasteiger partial charge is 0.342 e. The summed E-state index contributed by atoms with van der Waals surface area (Å²) in [5.74, 6) is 0.890. The van der Waals surface area contributed by atoms with Gasteiger partial charge in [0, 0.05) is 65.0 Å². The van der Waals surface area contributed by atoms with E-state index in [1.807, 2.05) is 9.80 Å². The lowest BCUT2D eigenvalue weighted by atomic mass is 9.97. The number of nitrogens with zero attached hydrogens (tertiary/aromatic N) is 5. The summed E-state index contributed by atoms with van der Waals surface area (Å²) in [4.78, 5) is 38.9. The molecule has 152 valence electrons. The molecule has 1 aliphatic heterocycles. The van der Waals surface area contributed by atoms with Gasteiger partial charge in [-0.15, -0.1) is 0 Å². The number of anilines is 1. The highest BCUT2D eigenvalue weighted by molar-refractivity contribution is 5.78. The molecule has 0 saturated carbocycles. The number of carbonyl (C=O) groups is 2. The number of amides is 2. The van der Waals surface area contributed by atoms with Crippen LogP contribution in [0.2, 0.25) is 0 Å². The SMILES string of the molecule is CC(=O)N(CCC(=O)N1CCN(c2ncccn2)CC1)CCC1=CCCCC1. The van der Waals surface area contributed by atoms with Gasteiger partial charge in [0.05, 0.1) is 0 Å². The normalized spacial score (nSPS) is 17.2. The monoisotopic (exact) mass is 385 g/mol. The summed E-state index contributed by atoms with van der Waals surface area (Å²) in [6.45, 7) is 5.63. The molecule has 0 N–H and O–H groups in total. The number of rotatable bonds is 7. The van der Waals surface area contributed by atoms with Crippen LogP contribution in [0.3, 0.4) is 0 Å². The molecule has 1 aliphatic carbocycles. The molecule has 7 nitrogen and oxygen atoms in total. The number of carbonyl (C=O) groups excluding carboxylic acids is 2. The van der Waals surface area contributed by atoms with Crippen molar-refractivity contribution in [3.63, 3.8) is 0 Å². The third-order valence-corrected chi connectivity index (χ3v) is 5.60. The van der Waals surface area contributed by atoms with Crippen LogP contribution in [0.5, 0.6) is 0 Å². The highest BCUT2D eigenvalue weighted by Gasteiger charge is 2.23. The first-order valence-electron chi connectivity index (χ1n) is 10.4. The maximum absolute atomic E-state index is 12.6. The molecule has 28 heavy (non-hydrogen) atoms. The molecule has 2 aliphatic rings. The van der Waals surface area contributed by atoms with Crippen LogP contribution < -0.4 is 4.90 Å². The molecule has 7 heteroatoms. The van der Waals surface area contributed by atoms with E-state index in [1.165, 1.54) is 18.4 Å². The van der Waals surface area contributed by atoms with Gasteiger partial charge in [0.2, 0.25) is 17.8 Å². The summed E-state index contributed by atoms with van der Waals surface area (Å²) in [5, 5.41) is 0. The van der Waals surface area contributed by atoms with Crippen molar-refractivity contribution in [1.29, 1.82) is 0 Å². The predicted molar refractivity (Wildman–Crippen MR) is 109 cm³/mol. The highest BCUT2D eigenvalue weighted by Crippen LogP contribution is 2.20. The minimum atomic E-state index is 0.0512. The van der Waals surface area contributed by atoms with Crippen molar-refractivity contribution in [3.8, 4) is 0 Å². The average Bonchev–Trinajstić information content (AvgIpc) is 2.75. The Morgan fingerprint density at radius 3 is 2.46 bits per heavy atom. The Bertz CT molecular complexity index is 683. The predicted octanol–water partition coefficient (Wildman–Crippen LogP) is 2.25. The number of hydrogen-bond acceptors (Lipinski definition) is 5. The fourth-order valence-corrected chi connectivity index (χ4v) is 3.84. The minimum absolute atomic E-state index is 0.0512. The van der Waals surface area contributed by atoms with Gasteiger partial charge < -0.3 is 14.7 Å². The van der Waals surface area contributed by atoms with Gasteiger partial charge in [0.1, 0.15) is 0 Å². The summed E-state index contributed by atoms with van der Waals surface area (Å²) in [6, 6.07) is 1.80. The van der Waals surface area contributed by atoms with Gasteiger partial charge in [0.15, 0.2) is 0 Å². The molecule has 1 aromatic heterocycles. The maximum atomic E-state index is 12.6. The molecule has 0 spiro atoms. The molecule has 0 atom stereocenters. The van der Waals surface area contributed by atoms with Crippen molar-refractivity contribution >= 4 is 17.8 Å². The standard InChI is InChI=1S/C21H31N5O2/c1-18(27)24(12-8-19-6-3-2-4-7-19)13-9-20(28)25-14-16-26(17-15-25)21-22-10-5-11-23-21/h5-6,10-11H,2-4,7-9,12-17H2,1H3. The van der Waals surface area contributed by atoms with Crippen LogP contribution in [0.1, 0.15) is 45.4 Å². The highest BCUT2D eigenvalue weighted by atomic mass is 16.2. The number of aromatic nitrogens is 2. The van der Waals surface area contributed by atoms with Gasteiger partial charge in [-0.1, -0.05) is 11.6 Å². The van der Waals surface area contributed by atoms with Crippen LogP contribution >= 0.6 is 0 Å². The first-order valence-corrected chi connectivity index (χ1v) is 10.4. The van der Waals surface area contributed by atoms with Crippen molar-refractivity contribution < 1.29 is 9.59 Å². The molecule has 0 bridgehead atoms. The van der Waals surface area contributed by atoms with E-state index in [2.05, 4.69) is 20.9 Å². The van der Waals surface area contributed by atoms with E-state index < -0.39 is 0 Å². The fraction of sp³-hybridized carbons (Fsp3) is 0.619. The van der Waals surface area contributed by atoms with Crippen LogP contribution in [0, 0.1) is 0 Å². The van der Waals surface area contributed by atoms with Gasteiger partial charge in [-0.05, 0) is 38.2 Å². The maximum Gasteiger partial charge on any atom is 0.225 e. The quantitative estimate of drug-likeness (QED) is 0.674. The Morgan fingerprint density at radius 1 is 1.07 bits per heavy atom. The first kappa shape index (κ1) is 20.3. The second kappa shape index (κ2) is 10.2. The van der Waals surface area contributed by atoms with Crippen LogP contribution in [-0.4, -0.2) is 70.9 Å². The molecule has 0 aromatic carbocycles. The van der Waals surface area contributed by atoms with E-state index >= 15 is 0 Å². The lowest BCUT2D eigenvalue weighted by Crippen LogP contribution is -2.49. The average molecular weight is 386 g/mol. The number of hydrogen-bond donors (Lipinski definition) is 0. The van der Waals surface area contributed by atoms with Gasteiger partial charge in [-0.3, -0.25) is 9.59 Å². The van der Waals surface area contributed by atoms with Crippen molar-refractivity contribution in [2.45, 2.75) is 45.4 Å². The van der Waals surface area contributed by atoms with Crippen molar-refractivity contribution in [1.82, 2.24) is 19.8 Å². The van der Waals surface area contributed by atoms with Gasteiger partial charge in [-0.2, -0.15) is 0 Å². The molecule has 0 radical (unpaired) electrons. The Balaban J connectivity index is 1.42. The van der Waals surface area contributed by atoms with Gasteiger partial charge in [0.25, 0.3) is 0 Å². The molecule has 3 rings (SSSR count). The molecule has 2 heterocycles. The summed E-state index contributed by atoms with van der Waals surface area (Å²) in [7, 11) is 0. The van der Waals surface area contributed by atoms with Crippen LogP contribution in [-0.2, 0) is 9.59 Å². The van der Waals surface area contributed by atoms with Crippen LogP contribution in [0.25, 0.3) is 0 Å². The first-order chi connectivity index (χ1) is 13.6. The Kier molecular flexibility index (Phi) is 7.39. The smallest absolute Gasteiger partial charge is 0.225 e. The van der Waals surface area contributed by atoms with Crippen molar-refractivity contribution in [3.05, 3.63) is 30.1 Å². The zero-order valence-electron chi connectivity index (χ0n) is 16.8. The van der Waals surface area contributed by atoms with E-state index in [9.17, 15) is 9.59 Å². The van der Waals surface area contributed by atoms with Crippen molar-refractivity contribution in [2.24, 2.45) is 0 Å². The molecule has 1 fully saturated rings. The third-order valence-electron chi connectivity index (χ3n) is 5.60. The Hall–Kier alpha value is -2.44. The second-order valence-corrected chi connectivity index (χ2v) is 7.53. The molecular weight excluding hydrogens is 354 g/mol. The van der Waals surface area contributed by atoms with Gasteiger partial charge in [-0.25, -0.2) is 9.97 Å². The zero-order valence-corrected chi connectivity index (χ0v) is 16.8. The third kappa shape index (κ3) is 5.78. The Labute approximate surface area is 167 Å². The summed E-state index contributed by atoms with van der Waals surface area (Å²) in [6.07, 6.45) is 12.0. The molecule has 1 saturated heterocycles. The lowest BCUT2D eigenvalue weighted by Gasteiger charge is -2.35. The van der Waals surface area contributed by atoms with E-state index in [0.29, 0.717) is 32.6 Å². The molecule has 0 unspecified atom stereocenters. The van der Waals surface area contributed by atoms with Crippen molar-refractivity contribution in [2.75, 3.05) is 44.2 Å². The van der Waals surface area contributed by atoms with E-state index in [1.54, 1.807) is 25.4 Å². The minimum Gasteiger partial charge on any atom is -0.342 e. The summed E-state index contributed by atoms with van der Waals surface area (Å²) < 4.78 is 0. The number of allylic oxidation sites excluding steroid dienone is 1. The van der Waals surface area contributed by atoms with Gasteiger partial charge >= 0.3 is 0 Å². The van der Waals surface area contributed by atoms with E-state index in [0.717, 1.165) is 38.3 Å². The molecular formula is C21H31N5O2. The topological polar surface area (TPSA) is 69.6 Å². The molecule has 2 amide bonds. The zero-order chi connectivity index (χ0) is 19.8. The van der Waals surface area contributed by atoms with E-state index in [-0.39, 0.29) is 11.8 Å². The summed E-state index contributed by atoms with van der Waals surface area (Å²) in [5.41, 5.74) is 1.46. The second-order valence-electron chi connectivity index (χ2n) is 7.53.